The summed E-state index contributed by atoms with van der Waals surface area (Å²) in [5.74, 6) is 0. The first-order chi connectivity index (χ1) is 25.3. The Morgan fingerprint density at radius 2 is 0.870 bits per heavy atom. The number of rotatable bonds is 15. The average Bonchev–Trinajstić information content (AvgIpc) is 3.64. The Bertz CT molecular complexity index is 1190. The van der Waals surface area contributed by atoms with Crippen LogP contribution >= 0.6 is 0 Å². The molecule has 4 aliphatic rings. The number of hydrogen-bond donors (Lipinski definition) is 20. The van der Waals surface area contributed by atoms with Gasteiger partial charge in [0, 0.05) is 0 Å². The molecule has 0 radical (unpaired) electrons. The molecule has 4 fully saturated rings. The highest BCUT2D eigenvalue weighted by Crippen LogP contribution is 2.53. The zero-order valence-electron chi connectivity index (χ0n) is 28.2. The smallest absolute Gasteiger partial charge is 0.187 e. The molecule has 25 nitrogen and oxygen atoms in total. The molecule has 25 heteroatoms. The van der Waals surface area contributed by atoms with Crippen molar-refractivity contribution in [3.63, 3.8) is 0 Å². The first kappa shape index (κ1) is 45.7. The van der Waals surface area contributed by atoms with Crippen molar-refractivity contribution < 1.29 is 126 Å². The van der Waals surface area contributed by atoms with E-state index in [9.17, 15) is 102 Å². The van der Waals surface area contributed by atoms with E-state index in [1.807, 2.05) is 0 Å². The van der Waals surface area contributed by atoms with E-state index in [0.717, 1.165) is 0 Å². The van der Waals surface area contributed by atoms with Crippen molar-refractivity contribution in [2.24, 2.45) is 0 Å². The zero-order valence-corrected chi connectivity index (χ0v) is 28.2. The van der Waals surface area contributed by atoms with Crippen molar-refractivity contribution in [2.75, 3.05) is 33.0 Å². The Hall–Kier alpha value is -1.00. The van der Waals surface area contributed by atoms with Crippen LogP contribution in [0.2, 0.25) is 0 Å². The predicted molar refractivity (Wildman–Crippen MR) is 163 cm³/mol. The second-order valence-electron chi connectivity index (χ2n) is 13.9. The van der Waals surface area contributed by atoms with Gasteiger partial charge >= 0.3 is 0 Å². The minimum absolute atomic E-state index is 1.16. The predicted octanol–water partition coefficient (Wildman–Crippen LogP) is -13.5. The van der Waals surface area contributed by atoms with Crippen LogP contribution in [0.4, 0.5) is 0 Å². The molecule has 0 spiro atoms. The van der Waals surface area contributed by atoms with E-state index in [0.29, 0.717) is 0 Å². The Labute approximate surface area is 304 Å². The van der Waals surface area contributed by atoms with E-state index in [1.165, 1.54) is 0 Å². The standard InChI is InChI=1S/C29H52O25/c30-1-6(35)21-15(42)18(45)24(52-21)28(49,23(48)8(37)3-32)29(25-17(44)13(40)11(38)9(4-33)50-25,26-19(46)16(43)22(53-26)7(36)2-31)54-27-20(47)14(41)12(39)10(5-34)51-27/h6-27,30-49H,1-5H2/t6-,7-,8-,9-,10-,11-,12+,13+,14+,15-,16-,17-,18-,19-,20-,21+,22+,23-,24?,25?,26?,27?,28+,29?/m1/s1. The summed E-state index contributed by atoms with van der Waals surface area (Å²) >= 11 is 0. The van der Waals surface area contributed by atoms with Gasteiger partial charge in [0.1, 0.15) is 128 Å². The number of aliphatic hydroxyl groups is 20. The van der Waals surface area contributed by atoms with Gasteiger partial charge in [0.05, 0.1) is 33.0 Å². The molecule has 24 atom stereocenters. The van der Waals surface area contributed by atoms with E-state index in [4.69, 9.17) is 23.7 Å². The quantitative estimate of drug-likeness (QED) is 0.0731. The second-order valence-corrected chi connectivity index (χ2v) is 13.9. The summed E-state index contributed by atoms with van der Waals surface area (Å²) in [4.78, 5) is 0. The Morgan fingerprint density at radius 1 is 0.463 bits per heavy atom. The monoisotopic (exact) mass is 800 g/mol. The van der Waals surface area contributed by atoms with Gasteiger partial charge in [0.25, 0.3) is 0 Å². The van der Waals surface area contributed by atoms with E-state index in [2.05, 4.69) is 0 Å². The Kier molecular flexibility index (Phi) is 15.1. The van der Waals surface area contributed by atoms with Gasteiger partial charge < -0.3 is 126 Å². The van der Waals surface area contributed by atoms with E-state index >= 15 is 0 Å². The van der Waals surface area contributed by atoms with Crippen LogP contribution in [-0.4, -0.2) is 281 Å². The fourth-order valence-electron chi connectivity index (χ4n) is 7.64. The van der Waals surface area contributed by atoms with Crippen LogP contribution in [0, 0.1) is 0 Å². The van der Waals surface area contributed by atoms with Crippen molar-refractivity contribution in [1.82, 2.24) is 0 Å². The molecule has 0 amide bonds. The van der Waals surface area contributed by atoms with Crippen molar-refractivity contribution >= 4 is 0 Å². The Balaban J connectivity index is 2.17. The van der Waals surface area contributed by atoms with E-state index < -0.39 is 179 Å². The maximum Gasteiger partial charge on any atom is 0.187 e. The lowest BCUT2D eigenvalue weighted by molar-refractivity contribution is -0.421. The summed E-state index contributed by atoms with van der Waals surface area (Å²) in [6.45, 7) is -6.35. The van der Waals surface area contributed by atoms with Gasteiger partial charge in [0.2, 0.25) is 0 Å². The highest BCUT2D eigenvalue weighted by atomic mass is 16.7. The van der Waals surface area contributed by atoms with Gasteiger partial charge in [0.15, 0.2) is 17.5 Å². The molecular formula is C29H52O25. The highest BCUT2D eigenvalue weighted by Gasteiger charge is 2.78. The molecule has 0 bridgehead atoms. The zero-order chi connectivity index (χ0) is 40.8. The highest BCUT2D eigenvalue weighted by molar-refractivity contribution is 5.26. The first-order valence-corrected chi connectivity index (χ1v) is 16.9. The SMILES string of the molecule is OC[C@@H](O)[C@@H]1OC(C(OC2O[C@H](CO)[C@H](O)[C@H](O)[C@H]2O)(C2O[C@H](CO)[C@@H](O)[C@H](O)[C@H]2O)[C@@](O)(C2O[C@@H]([C@H](O)CO)[C@H](O)[C@H]2O)[C@H](O)[C@H](O)CO)[C@H](O)[C@H]1O. The molecule has 4 rings (SSSR count). The summed E-state index contributed by atoms with van der Waals surface area (Å²) in [6.07, 6.45) is -54.1. The minimum atomic E-state index is -4.10. The maximum atomic E-state index is 13.2. The number of ether oxygens (including phenoxy) is 5. The van der Waals surface area contributed by atoms with Crippen LogP contribution in [0.15, 0.2) is 0 Å². The first-order valence-electron chi connectivity index (χ1n) is 16.9. The average molecular weight is 801 g/mol. The van der Waals surface area contributed by atoms with Crippen molar-refractivity contribution in [1.29, 1.82) is 0 Å². The van der Waals surface area contributed by atoms with Crippen LogP contribution in [0.3, 0.4) is 0 Å². The molecule has 4 heterocycles. The lowest BCUT2D eigenvalue weighted by Gasteiger charge is -2.61. The normalized spacial score (nSPS) is 47.8. The molecule has 0 aromatic carbocycles. The molecule has 4 saturated heterocycles. The molecule has 4 aliphatic heterocycles. The van der Waals surface area contributed by atoms with Crippen LogP contribution in [0.5, 0.6) is 0 Å². The minimum Gasteiger partial charge on any atom is -0.394 e. The molecule has 318 valence electrons. The largest absolute Gasteiger partial charge is 0.394 e. The van der Waals surface area contributed by atoms with Gasteiger partial charge in [-0.05, 0) is 0 Å². The number of aliphatic hydroxyl groups excluding tert-OH is 19. The molecule has 0 saturated carbocycles. The van der Waals surface area contributed by atoms with Gasteiger partial charge in [-0.1, -0.05) is 0 Å². The molecule has 0 aromatic rings. The van der Waals surface area contributed by atoms with Gasteiger partial charge in [-0.2, -0.15) is 0 Å². The third-order valence-electron chi connectivity index (χ3n) is 10.7. The lowest BCUT2D eigenvalue weighted by atomic mass is 9.62. The second kappa shape index (κ2) is 17.9. The van der Waals surface area contributed by atoms with Crippen molar-refractivity contribution in [3.8, 4) is 0 Å². The molecule has 0 aromatic heterocycles. The number of hydrogen-bond acceptors (Lipinski definition) is 25. The Morgan fingerprint density at radius 3 is 1.33 bits per heavy atom. The van der Waals surface area contributed by atoms with Crippen LogP contribution in [0.25, 0.3) is 0 Å². The van der Waals surface area contributed by atoms with Crippen molar-refractivity contribution in [3.05, 3.63) is 0 Å². The third kappa shape index (κ3) is 7.43. The summed E-state index contributed by atoms with van der Waals surface area (Å²) in [6, 6.07) is 0. The van der Waals surface area contributed by atoms with Gasteiger partial charge in [-0.3, -0.25) is 0 Å². The fourth-order valence-corrected chi connectivity index (χ4v) is 7.64. The molecule has 20 N–H and O–H groups in total. The molecule has 54 heavy (non-hydrogen) atoms. The lowest BCUT2D eigenvalue weighted by Crippen LogP contribution is -2.85. The summed E-state index contributed by atoms with van der Waals surface area (Å²) in [5, 5.41) is 217. The topological polar surface area (TPSA) is 451 Å². The molecular weight excluding hydrogens is 748 g/mol. The van der Waals surface area contributed by atoms with E-state index in [1.54, 1.807) is 0 Å². The van der Waals surface area contributed by atoms with Crippen LogP contribution in [-0.2, 0) is 23.7 Å². The van der Waals surface area contributed by atoms with Crippen LogP contribution in [0.1, 0.15) is 0 Å². The fraction of sp³-hybridized carbons (Fsp3) is 1.00. The van der Waals surface area contributed by atoms with Gasteiger partial charge in [-0.15, -0.1) is 0 Å². The summed E-state index contributed by atoms with van der Waals surface area (Å²) < 4.78 is 28.4. The molecule has 5 unspecified atom stereocenters. The van der Waals surface area contributed by atoms with Crippen LogP contribution < -0.4 is 0 Å². The third-order valence-corrected chi connectivity index (χ3v) is 10.7. The maximum absolute atomic E-state index is 13.2. The van der Waals surface area contributed by atoms with Gasteiger partial charge in [-0.25, -0.2) is 0 Å². The summed E-state index contributed by atoms with van der Waals surface area (Å²) in [7, 11) is 0. The van der Waals surface area contributed by atoms with Crippen molar-refractivity contribution in [2.45, 2.75) is 146 Å². The summed E-state index contributed by atoms with van der Waals surface area (Å²) in [5.41, 5.74) is -8.00. The van der Waals surface area contributed by atoms with E-state index in [-0.39, 0.29) is 0 Å². The molecule has 0 aliphatic carbocycles.